The zero-order chi connectivity index (χ0) is 14.8. The van der Waals surface area contributed by atoms with E-state index in [-0.39, 0.29) is 11.8 Å². The van der Waals surface area contributed by atoms with Gasteiger partial charge in [-0.15, -0.1) is 13.2 Å². The summed E-state index contributed by atoms with van der Waals surface area (Å²) in [5, 5.41) is 3.15. The van der Waals surface area contributed by atoms with E-state index in [2.05, 4.69) is 28.8 Å². The largest absolute Gasteiger partial charge is 0.573 e. The van der Waals surface area contributed by atoms with Gasteiger partial charge in [0.05, 0.1) is 5.69 Å². The van der Waals surface area contributed by atoms with Gasteiger partial charge in [0, 0.05) is 25.2 Å². The highest BCUT2D eigenvalue weighted by Gasteiger charge is 2.32. The van der Waals surface area contributed by atoms with Gasteiger partial charge in [0.15, 0.2) is 5.75 Å². The zero-order valence-electron chi connectivity index (χ0n) is 11.6. The van der Waals surface area contributed by atoms with Crippen molar-refractivity contribution in [3.05, 3.63) is 24.3 Å². The molecule has 0 spiro atoms. The Hall–Kier alpha value is -1.43. The predicted molar refractivity (Wildman–Crippen MR) is 71.9 cm³/mol. The van der Waals surface area contributed by atoms with Crippen LogP contribution in [0.25, 0.3) is 0 Å². The molecule has 1 aliphatic heterocycles. The van der Waals surface area contributed by atoms with Crippen molar-refractivity contribution in [2.45, 2.75) is 38.7 Å². The molecule has 0 bridgehead atoms. The van der Waals surface area contributed by atoms with Crippen LogP contribution in [0.1, 0.15) is 20.3 Å². The molecule has 0 aromatic heterocycles. The molecule has 1 heterocycles. The van der Waals surface area contributed by atoms with Crippen molar-refractivity contribution in [2.24, 2.45) is 0 Å². The second kappa shape index (κ2) is 5.91. The third-order valence-electron chi connectivity index (χ3n) is 3.42. The molecule has 0 aliphatic carbocycles. The Morgan fingerprint density at radius 1 is 1.30 bits per heavy atom. The molecule has 1 aromatic carbocycles. The maximum absolute atomic E-state index is 12.3. The Bertz CT molecular complexity index is 448. The van der Waals surface area contributed by atoms with Gasteiger partial charge in [-0.1, -0.05) is 12.1 Å². The van der Waals surface area contributed by atoms with Crippen molar-refractivity contribution in [3.63, 3.8) is 0 Å². The Balaban J connectivity index is 2.03. The van der Waals surface area contributed by atoms with Crippen LogP contribution in [0.15, 0.2) is 24.3 Å². The van der Waals surface area contributed by atoms with Gasteiger partial charge >= 0.3 is 6.36 Å². The van der Waals surface area contributed by atoms with Crippen molar-refractivity contribution >= 4 is 5.69 Å². The number of benzene rings is 1. The topological polar surface area (TPSA) is 24.5 Å². The number of nitrogens with one attached hydrogen (secondary N) is 1. The van der Waals surface area contributed by atoms with E-state index in [0.29, 0.717) is 11.7 Å². The molecular formula is C14H19F3N2O. The van der Waals surface area contributed by atoms with Gasteiger partial charge in [-0.05, 0) is 32.4 Å². The highest BCUT2D eigenvalue weighted by atomic mass is 19.4. The highest BCUT2D eigenvalue weighted by Crippen LogP contribution is 2.31. The van der Waals surface area contributed by atoms with E-state index in [4.69, 9.17) is 0 Å². The van der Waals surface area contributed by atoms with Crippen molar-refractivity contribution < 1.29 is 17.9 Å². The fourth-order valence-corrected chi connectivity index (χ4v) is 2.39. The van der Waals surface area contributed by atoms with Crippen LogP contribution in [-0.2, 0) is 0 Å². The fraction of sp³-hybridized carbons (Fsp3) is 0.571. The SMILES string of the molecule is CC(C)N1CCC(Nc2ccccc2OC(F)(F)F)C1. The summed E-state index contributed by atoms with van der Waals surface area (Å²) in [5.74, 6) is -0.178. The summed E-state index contributed by atoms with van der Waals surface area (Å²) in [6.45, 7) is 6.02. The van der Waals surface area contributed by atoms with E-state index in [1.54, 1.807) is 12.1 Å². The first-order chi connectivity index (χ1) is 9.35. The molecule has 3 nitrogen and oxygen atoms in total. The maximum atomic E-state index is 12.3. The summed E-state index contributed by atoms with van der Waals surface area (Å²) in [5.41, 5.74) is 0.389. The molecule has 20 heavy (non-hydrogen) atoms. The van der Waals surface area contributed by atoms with Crippen LogP contribution < -0.4 is 10.1 Å². The second-order valence-electron chi connectivity index (χ2n) is 5.26. The molecule has 2 rings (SSSR count). The lowest BCUT2D eigenvalue weighted by Gasteiger charge is -2.21. The lowest BCUT2D eigenvalue weighted by Crippen LogP contribution is -2.31. The minimum atomic E-state index is -4.67. The van der Waals surface area contributed by atoms with E-state index in [9.17, 15) is 13.2 Å². The molecule has 0 saturated carbocycles. The number of rotatable bonds is 4. The third kappa shape index (κ3) is 4.03. The average molecular weight is 288 g/mol. The minimum Gasteiger partial charge on any atom is -0.404 e. The van der Waals surface area contributed by atoms with Gasteiger partial charge < -0.3 is 10.1 Å². The summed E-state index contributed by atoms with van der Waals surface area (Å²) in [6.07, 6.45) is -3.75. The van der Waals surface area contributed by atoms with Gasteiger partial charge in [-0.25, -0.2) is 0 Å². The molecule has 0 radical (unpaired) electrons. The van der Waals surface area contributed by atoms with Crippen LogP contribution in [0.4, 0.5) is 18.9 Å². The molecular weight excluding hydrogens is 269 g/mol. The normalized spacial score (nSPS) is 20.4. The molecule has 1 aliphatic rings. The first-order valence-corrected chi connectivity index (χ1v) is 6.70. The van der Waals surface area contributed by atoms with E-state index in [1.807, 2.05) is 0 Å². The number of halogens is 3. The van der Waals surface area contributed by atoms with E-state index in [0.717, 1.165) is 19.5 Å². The van der Waals surface area contributed by atoms with Crippen LogP contribution in [0.5, 0.6) is 5.75 Å². The van der Waals surface area contributed by atoms with E-state index in [1.165, 1.54) is 12.1 Å². The number of para-hydroxylation sites is 2. The molecule has 1 aromatic rings. The number of anilines is 1. The third-order valence-corrected chi connectivity index (χ3v) is 3.42. The van der Waals surface area contributed by atoms with Gasteiger partial charge in [0.2, 0.25) is 0 Å². The molecule has 0 amide bonds. The van der Waals surface area contributed by atoms with Crippen LogP contribution >= 0.6 is 0 Å². The maximum Gasteiger partial charge on any atom is 0.573 e. The Morgan fingerprint density at radius 3 is 2.60 bits per heavy atom. The quantitative estimate of drug-likeness (QED) is 0.918. The first kappa shape index (κ1) is 15.0. The van der Waals surface area contributed by atoms with Crippen LogP contribution in [0, 0.1) is 0 Å². The number of hydrogen-bond donors (Lipinski definition) is 1. The van der Waals surface area contributed by atoms with Gasteiger partial charge in [-0.3, -0.25) is 4.90 Å². The van der Waals surface area contributed by atoms with Crippen molar-refractivity contribution in [1.29, 1.82) is 0 Å². The Labute approximate surface area is 116 Å². The molecule has 112 valence electrons. The zero-order valence-corrected chi connectivity index (χ0v) is 11.6. The van der Waals surface area contributed by atoms with Gasteiger partial charge in [0.25, 0.3) is 0 Å². The molecule has 6 heteroatoms. The average Bonchev–Trinajstić information content (AvgIpc) is 2.78. The number of alkyl halides is 3. The van der Waals surface area contributed by atoms with E-state index < -0.39 is 6.36 Å². The lowest BCUT2D eigenvalue weighted by atomic mass is 10.2. The molecule has 1 N–H and O–H groups in total. The van der Waals surface area contributed by atoms with Gasteiger partial charge in [0.1, 0.15) is 0 Å². The highest BCUT2D eigenvalue weighted by molar-refractivity contribution is 5.57. The standard InChI is InChI=1S/C14H19F3N2O/c1-10(2)19-8-7-11(9-19)18-12-5-3-4-6-13(12)20-14(15,16)17/h3-6,10-11,18H,7-9H2,1-2H3. The van der Waals surface area contributed by atoms with Crippen LogP contribution in [-0.4, -0.2) is 36.4 Å². The Kier molecular flexibility index (Phi) is 4.42. The number of ether oxygens (including phenoxy) is 1. The summed E-state index contributed by atoms with van der Waals surface area (Å²) < 4.78 is 41.1. The molecule has 1 saturated heterocycles. The second-order valence-corrected chi connectivity index (χ2v) is 5.26. The van der Waals surface area contributed by atoms with Crippen LogP contribution in [0.3, 0.4) is 0 Å². The van der Waals surface area contributed by atoms with Crippen molar-refractivity contribution in [3.8, 4) is 5.75 Å². The number of hydrogen-bond acceptors (Lipinski definition) is 3. The Morgan fingerprint density at radius 2 is 2.00 bits per heavy atom. The summed E-state index contributed by atoms with van der Waals surface area (Å²) in [4.78, 5) is 2.30. The predicted octanol–water partition coefficient (Wildman–Crippen LogP) is 3.48. The minimum absolute atomic E-state index is 0.149. The van der Waals surface area contributed by atoms with Crippen LogP contribution in [0.2, 0.25) is 0 Å². The monoisotopic (exact) mass is 288 g/mol. The van der Waals surface area contributed by atoms with Crippen molar-refractivity contribution in [1.82, 2.24) is 4.90 Å². The smallest absolute Gasteiger partial charge is 0.404 e. The molecule has 1 unspecified atom stereocenters. The van der Waals surface area contributed by atoms with E-state index >= 15 is 0 Å². The molecule has 1 atom stereocenters. The summed E-state index contributed by atoms with van der Waals surface area (Å²) in [6, 6.07) is 6.76. The number of likely N-dealkylation sites (tertiary alicyclic amines) is 1. The lowest BCUT2D eigenvalue weighted by molar-refractivity contribution is -0.274. The first-order valence-electron chi connectivity index (χ1n) is 6.70. The molecule has 1 fully saturated rings. The summed E-state index contributed by atoms with van der Waals surface area (Å²) >= 11 is 0. The van der Waals surface area contributed by atoms with Crippen molar-refractivity contribution in [2.75, 3.05) is 18.4 Å². The van der Waals surface area contributed by atoms with Gasteiger partial charge in [-0.2, -0.15) is 0 Å². The number of nitrogens with zero attached hydrogens (tertiary/aromatic N) is 1. The summed E-state index contributed by atoms with van der Waals surface area (Å²) in [7, 11) is 0. The fourth-order valence-electron chi connectivity index (χ4n) is 2.39.